The Bertz CT molecular complexity index is 1020. The van der Waals surface area contributed by atoms with Crippen molar-refractivity contribution < 1.29 is 4.79 Å². The number of carbonyl (C=O) groups is 1. The van der Waals surface area contributed by atoms with Gasteiger partial charge in [-0.2, -0.15) is 0 Å². The summed E-state index contributed by atoms with van der Waals surface area (Å²) in [6, 6.07) is 14.5. The van der Waals surface area contributed by atoms with E-state index in [1.165, 1.54) is 4.68 Å². The van der Waals surface area contributed by atoms with Gasteiger partial charge in [0, 0.05) is 23.5 Å². The van der Waals surface area contributed by atoms with Crippen molar-refractivity contribution in [1.29, 1.82) is 0 Å². The van der Waals surface area contributed by atoms with Crippen LogP contribution in [-0.2, 0) is 18.3 Å². The van der Waals surface area contributed by atoms with Gasteiger partial charge in [-0.3, -0.25) is 14.3 Å². The average molecular weight is 404 g/mol. The van der Waals surface area contributed by atoms with Crippen LogP contribution in [0.4, 0.5) is 5.69 Å². The molecule has 7 heteroatoms. The van der Waals surface area contributed by atoms with Crippen molar-refractivity contribution in [2.75, 3.05) is 5.32 Å². The molecule has 2 aromatic carbocycles. The van der Waals surface area contributed by atoms with Crippen LogP contribution in [0.5, 0.6) is 0 Å². The second kappa shape index (κ2) is 8.03. The van der Waals surface area contributed by atoms with Crippen molar-refractivity contribution in [3.8, 4) is 5.69 Å². The molecular weight excluding hydrogens is 385 g/mol. The van der Waals surface area contributed by atoms with Gasteiger partial charge in [-0.05, 0) is 43.2 Å². The van der Waals surface area contributed by atoms with E-state index < -0.39 is 0 Å². The van der Waals surface area contributed by atoms with Crippen LogP contribution in [0.1, 0.15) is 17.7 Å². The number of rotatable bonds is 5. The number of anilines is 1. The lowest BCUT2D eigenvalue weighted by Gasteiger charge is -2.07. The van der Waals surface area contributed by atoms with Crippen molar-refractivity contribution in [2.45, 2.75) is 19.8 Å². The molecule has 0 bridgehead atoms. The molecule has 1 aromatic heterocycles. The summed E-state index contributed by atoms with van der Waals surface area (Å²) in [5.74, 6) is -0.267. The van der Waals surface area contributed by atoms with E-state index in [1.807, 2.05) is 30.3 Å². The Morgan fingerprint density at radius 2 is 1.67 bits per heavy atom. The lowest BCUT2D eigenvalue weighted by atomic mass is 10.1. The van der Waals surface area contributed by atoms with E-state index in [2.05, 4.69) is 5.32 Å². The summed E-state index contributed by atoms with van der Waals surface area (Å²) in [6.45, 7) is 1.79. The molecule has 0 saturated heterocycles. The van der Waals surface area contributed by atoms with Gasteiger partial charge in [-0.1, -0.05) is 47.5 Å². The summed E-state index contributed by atoms with van der Waals surface area (Å²) in [5, 5.41) is 3.79. The molecule has 3 aromatic rings. The number of hydrogen-bond acceptors (Lipinski definition) is 2. The number of aromatic nitrogens is 2. The van der Waals surface area contributed by atoms with E-state index in [9.17, 15) is 9.59 Å². The Hall–Kier alpha value is -2.50. The Balaban J connectivity index is 1.80. The Kier molecular flexibility index (Phi) is 5.73. The van der Waals surface area contributed by atoms with Gasteiger partial charge in [-0.15, -0.1) is 0 Å². The highest BCUT2D eigenvalue weighted by Crippen LogP contribution is 2.25. The minimum absolute atomic E-state index is 0.169. The van der Waals surface area contributed by atoms with E-state index in [0.29, 0.717) is 22.2 Å². The normalized spacial score (nSPS) is 10.8. The third-order valence-electron chi connectivity index (χ3n) is 4.48. The molecule has 5 nitrogen and oxygen atoms in total. The fourth-order valence-corrected chi connectivity index (χ4v) is 3.51. The van der Waals surface area contributed by atoms with Gasteiger partial charge in [0.25, 0.3) is 5.56 Å². The number of benzene rings is 2. The zero-order chi connectivity index (χ0) is 19.6. The minimum atomic E-state index is -0.273. The molecule has 0 aliphatic rings. The monoisotopic (exact) mass is 403 g/mol. The van der Waals surface area contributed by atoms with Gasteiger partial charge >= 0.3 is 0 Å². The highest BCUT2D eigenvalue weighted by atomic mass is 35.5. The third kappa shape index (κ3) is 3.94. The van der Waals surface area contributed by atoms with Crippen molar-refractivity contribution in [3.05, 3.63) is 80.2 Å². The van der Waals surface area contributed by atoms with Crippen LogP contribution in [0.3, 0.4) is 0 Å². The number of halogens is 2. The zero-order valence-electron chi connectivity index (χ0n) is 15.0. The molecule has 0 unspecified atom stereocenters. The zero-order valence-corrected chi connectivity index (χ0v) is 16.5. The Morgan fingerprint density at radius 3 is 2.30 bits per heavy atom. The summed E-state index contributed by atoms with van der Waals surface area (Å²) in [5.41, 5.74) is 2.13. The molecule has 0 aliphatic carbocycles. The standard InChI is InChI=1S/C20H19Cl2N3O2/c1-13-19(20(27)25(24(13)2)14-7-4-3-5-8-14)23-18(26)12-11-15-16(21)9-6-10-17(15)22/h3-10H,11-12H2,1-2H3,(H,23,26). The Labute approximate surface area is 167 Å². The first kappa shape index (κ1) is 19.3. The van der Waals surface area contributed by atoms with Gasteiger partial charge in [0.15, 0.2) is 0 Å². The van der Waals surface area contributed by atoms with Crippen LogP contribution >= 0.6 is 23.2 Å². The Morgan fingerprint density at radius 1 is 1.04 bits per heavy atom. The van der Waals surface area contributed by atoms with Gasteiger partial charge < -0.3 is 5.32 Å². The number of amides is 1. The molecule has 0 atom stereocenters. The van der Waals surface area contributed by atoms with Crippen molar-refractivity contribution in [3.63, 3.8) is 0 Å². The first-order valence-corrected chi connectivity index (χ1v) is 9.22. The first-order valence-electron chi connectivity index (χ1n) is 8.47. The quantitative estimate of drug-likeness (QED) is 0.687. The SMILES string of the molecule is Cc1c(NC(=O)CCc2c(Cl)cccc2Cl)c(=O)n(-c2ccccc2)n1C. The second-order valence-electron chi connectivity index (χ2n) is 6.18. The molecule has 0 saturated carbocycles. The van der Waals surface area contributed by atoms with Crippen molar-refractivity contribution in [2.24, 2.45) is 7.05 Å². The lowest BCUT2D eigenvalue weighted by molar-refractivity contribution is -0.116. The van der Waals surface area contributed by atoms with Crippen LogP contribution < -0.4 is 10.9 Å². The van der Waals surface area contributed by atoms with Gasteiger partial charge in [-0.25, -0.2) is 4.68 Å². The molecule has 0 fully saturated rings. The summed E-state index contributed by atoms with van der Waals surface area (Å²) in [6.07, 6.45) is 0.561. The molecule has 0 spiro atoms. The maximum Gasteiger partial charge on any atom is 0.295 e. The largest absolute Gasteiger partial charge is 0.320 e. The summed E-state index contributed by atoms with van der Waals surface area (Å²) >= 11 is 12.3. The second-order valence-corrected chi connectivity index (χ2v) is 7.00. The number of carbonyl (C=O) groups excluding carboxylic acids is 1. The number of nitrogens with one attached hydrogen (secondary N) is 1. The van der Waals surface area contributed by atoms with E-state index >= 15 is 0 Å². The molecule has 1 N–H and O–H groups in total. The maximum absolute atomic E-state index is 12.8. The number of para-hydroxylation sites is 1. The van der Waals surface area contributed by atoms with E-state index in [1.54, 1.807) is 36.9 Å². The molecule has 1 amide bonds. The van der Waals surface area contributed by atoms with Crippen LogP contribution in [-0.4, -0.2) is 15.3 Å². The molecular formula is C20H19Cl2N3O2. The van der Waals surface area contributed by atoms with Crippen molar-refractivity contribution >= 4 is 34.8 Å². The fourth-order valence-electron chi connectivity index (χ4n) is 2.92. The number of nitrogens with zero attached hydrogens (tertiary/aromatic N) is 2. The van der Waals surface area contributed by atoms with E-state index in [0.717, 1.165) is 11.3 Å². The smallest absolute Gasteiger partial charge is 0.295 e. The van der Waals surface area contributed by atoms with E-state index in [-0.39, 0.29) is 23.6 Å². The fraction of sp³-hybridized carbons (Fsp3) is 0.200. The summed E-state index contributed by atoms with van der Waals surface area (Å²) in [4.78, 5) is 25.2. The van der Waals surface area contributed by atoms with Crippen LogP contribution in [0.2, 0.25) is 10.0 Å². The third-order valence-corrected chi connectivity index (χ3v) is 5.19. The molecule has 27 heavy (non-hydrogen) atoms. The van der Waals surface area contributed by atoms with Crippen LogP contribution in [0.25, 0.3) is 5.69 Å². The lowest BCUT2D eigenvalue weighted by Crippen LogP contribution is -2.23. The highest BCUT2D eigenvalue weighted by Gasteiger charge is 2.18. The highest BCUT2D eigenvalue weighted by molar-refractivity contribution is 6.36. The molecule has 0 radical (unpaired) electrons. The summed E-state index contributed by atoms with van der Waals surface area (Å²) < 4.78 is 3.24. The molecule has 140 valence electrons. The molecule has 3 rings (SSSR count). The van der Waals surface area contributed by atoms with Gasteiger partial charge in [0.1, 0.15) is 5.69 Å². The van der Waals surface area contributed by atoms with Crippen LogP contribution in [0, 0.1) is 6.92 Å². The molecule has 0 aliphatic heterocycles. The number of hydrogen-bond donors (Lipinski definition) is 1. The van der Waals surface area contributed by atoms with Crippen molar-refractivity contribution in [1.82, 2.24) is 9.36 Å². The topological polar surface area (TPSA) is 56.0 Å². The first-order chi connectivity index (χ1) is 12.9. The maximum atomic E-state index is 12.8. The predicted octanol–water partition coefficient (Wildman–Crippen LogP) is 4.36. The average Bonchev–Trinajstić information content (AvgIpc) is 2.85. The molecule has 1 heterocycles. The van der Waals surface area contributed by atoms with Crippen LogP contribution in [0.15, 0.2) is 53.3 Å². The van der Waals surface area contributed by atoms with Gasteiger partial charge in [0.05, 0.1) is 11.4 Å². The van der Waals surface area contributed by atoms with Gasteiger partial charge in [0.2, 0.25) is 5.91 Å². The van der Waals surface area contributed by atoms with E-state index in [4.69, 9.17) is 23.2 Å². The summed E-state index contributed by atoms with van der Waals surface area (Å²) in [7, 11) is 1.78. The predicted molar refractivity (Wildman–Crippen MR) is 109 cm³/mol. The minimum Gasteiger partial charge on any atom is -0.320 e.